The molecule has 3 aromatic carbocycles. The van der Waals surface area contributed by atoms with Crippen molar-refractivity contribution in [1.82, 2.24) is 0 Å². The summed E-state index contributed by atoms with van der Waals surface area (Å²) >= 11 is 6.38. The Balaban J connectivity index is 2.06. The summed E-state index contributed by atoms with van der Waals surface area (Å²) in [7, 11) is 0. The number of nitro groups is 1. The number of rotatable bonds is 8. The Morgan fingerprint density at radius 2 is 1.34 bits per heavy atom. The fraction of sp³-hybridized carbons (Fsp3) is 0.250. The minimum atomic E-state index is -2.37. The van der Waals surface area contributed by atoms with Gasteiger partial charge in [-0.2, -0.15) is 0 Å². The van der Waals surface area contributed by atoms with Crippen LogP contribution < -0.4 is 10.6 Å². The molecule has 0 radical (unpaired) electrons. The summed E-state index contributed by atoms with van der Waals surface area (Å²) in [6.45, 7) is 3.98. The summed E-state index contributed by atoms with van der Waals surface area (Å²) in [4.78, 5) is 11.4. The van der Waals surface area contributed by atoms with E-state index in [9.17, 15) is 10.1 Å². The van der Waals surface area contributed by atoms with Crippen molar-refractivity contribution in [1.29, 1.82) is 0 Å². The molecule has 0 amide bonds. The van der Waals surface area contributed by atoms with Crippen LogP contribution in [0.4, 0.5) is 0 Å². The summed E-state index contributed by atoms with van der Waals surface area (Å²) in [5, 5.41) is 13.7. The van der Waals surface area contributed by atoms with E-state index in [1.807, 2.05) is 32.0 Å². The molecule has 0 N–H and O–H groups in total. The van der Waals surface area contributed by atoms with Crippen LogP contribution in [0.5, 0.6) is 0 Å². The highest BCUT2D eigenvalue weighted by molar-refractivity contribution is 8.22. The van der Waals surface area contributed by atoms with E-state index in [4.69, 9.17) is 11.8 Å². The Bertz CT molecular complexity index is 952. The molecule has 0 heterocycles. The standard InChI is InChI=1S/C24H26NO2PS/c1-19-8-13-22(14-9-19)28(29,23-15-10-20(2)11-16-23)24(18-25(26)27)17-12-21-6-4-3-5-7-21/h3-11,13-16,24H,12,17-18H2,1-2H3/t24-/m1/s1. The van der Waals surface area contributed by atoms with Gasteiger partial charge in [-0.25, -0.2) is 0 Å². The van der Waals surface area contributed by atoms with Gasteiger partial charge in [-0.1, -0.05) is 102 Å². The Morgan fingerprint density at radius 1 is 0.862 bits per heavy atom. The third-order valence-corrected chi connectivity index (χ3v) is 11.1. The third-order valence-electron chi connectivity index (χ3n) is 5.32. The van der Waals surface area contributed by atoms with Gasteiger partial charge in [-0.15, -0.1) is 0 Å². The molecule has 3 nitrogen and oxygen atoms in total. The van der Waals surface area contributed by atoms with Gasteiger partial charge in [0.05, 0.1) is 5.66 Å². The smallest absolute Gasteiger partial charge is 0.211 e. The fourth-order valence-corrected chi connectivity index (χ4v) is 8.07. The molecule has 1 atom stereocenters. The van der Waals surface area contributed by atoms with Crippen molar-refractivity contribution in [3.05, 3.63) is 106 Å². The van der Waals surface area contributed by atoms with Crippen LogP contribution in [0.3, 0.4) is 0 Å². The van der Waals surface area contributed by atoms with Crippen LogP contribution in [0, 0.1) is 24.0 Å². The summed E-state index contributed by atoms with van der Waals surface area (Å²) in [6.07, 6.45) is 1.49. The Labute approximate surface area is 178 Å². The van der Waals surface area contributed by atoms with Crippen LogP contribution in [0.15, 0.2) is 78.9 Å². The van der Waals surface area contributed by atoms with Gasteiger partial charge in [0.1, 0.15) is 0 Å². The SMILES string of the molecule is Cc1ccc(P(=S)(c2ccc(C)cc2)[C@H](CCc2ccccc2)C[N+](=O)[O-])cc1. The van der Waals surface area contributed by atoms with E-state index < -0.39 is 6.04 Å². The number of hydrogen-bond donors (Lipinski definition) is 0. The van der Waals surface area contributed by atoms with Crippen LogP contribution in [0.1, 0.15) is 23.1 Å². The van der Waals surface area contributed by atoms with Crippen molar-refractivity contribution >= 4 is 28.5 Å². The van der Waals surface area contributed by atoms with Gasteiger partial charge in [0, 0.05) is 11.0 Å². The molecule has 0 saturated carbocycles. The Kier molecular flexibility index (Phi) is 7.00. The lowest BCUT2D eigenvalue weighted by Gasteiger charge is -2.30. The maximum atomic E-state index is 11.6. The molecule has 3 aromatic rings. The number of nitrogens with zero attached hydrogens (tertiary/aromatic N) is 1. The summed E-state index contributed by atoms with van der Waals surface area (Å²) < 4.78 is 0. The Morgan fingerprint density at radius 3 is 1.79 bits per heavy atom. The first-order chi connectivity index (χ1) is 13.9. The molecule has 0 fully saturated rings. The maximum Gasteiger partial charge on any atom is 0.211 e. The van der Waals surface area contributed by atoms with Crippen LogP contribution in [0.2, 0.25) is 0 Å². The lowest BCUT2D eigenvalue weighted by atomic mass is 10.1. The molecular weight excluding hydrogens is 397 g/mol. The predicted octanol–water partition coefficient (Wildman–Crippen LogP) is 5.01. The van der Waals surface area contributed by atoms with E-state index in [-0.39, 0.29) is 17.1 Å². The average molecular weight is 424 g/mol. The first-order valence-corrected chi connectivity index (χ1v) is 12.7. The molecule has 0 unspecified atom stereocenters. The van der Waals surface area contributed by atoms with E-state index in [1.54, 1.807) is 0 Å². The van der Waals surface area contributed by atoms with Gasteiger partial charge in [0.25, 0.3) is 0 Å². The molecule has 29 heavy (non-hydrogen) atoms. The van der Waals surface area contributed by atoms with Crippen molar-refractivity contribution in [2.75, 3.05) is 6.54 Å². The van der Waals surface area contributed by atoms with E-state index in [1.165, 1.54) is 5.56 Å². The molecule has 0 aliphatic rings. The minimum Gasteiger partial charge on any atom is -0.265 e. The number of hydrogen-bond acceptors (Lipinski definition) is 3. The molecule has 0 saturated heterocycles. The number of aryl methyl sites for hydroxylation is 3. The average Bonchev–Trinajstić information content (AvgIpc) is 2.72. The maximum absolute atomic E-state index is 11.6. The van der Waals surface area contributed by atoms with E-state index in [0.29, 0.717) is 6.42 Å². The van der Waals surface area contributed by atoms with Crippen LogP contribution >= 0.6 is 6.04 Å². The van der Waals surface area contributed by atoms with Crippen molar-refractivity contribution < 1.29 is 4.92 Å². The fourth-order valence-electron chi connectivity index (χ4n) is 3.64. The minimum absolute atomic E-state index is 0.105. The first-order valence-electron chi connectivity index (χ1n) is 9.79. The molecule has 0 aliphatic heterocycles. The zero-order valence-corrected chi connectivity index (χ0v) is 18.5. The van der Waals surface area contributed by atoms with Crippen LogP contribution in [0.25, 0.3) is 0 Å². The van der Waals surface area contributed by atoms with Crippen molar-refractivity contribution in [3.8, 4) is 0 Å². The van der Waals surface area contributed by atoms with Crippen LogP contribution in [-0.4, -0.2) is 17.1 Å². The molecule has 0 bridgehead atoms. The zero-order valence-electron chi connectivity index (χ0n) is 16.8. The second kappa shape index (κ2) is 9.47. The molecular formula is C24H26NO2PS. The van der Waals surface area contributed by atoms with E-state index in [0.717, 1.165) is 28.2 Å². The lowest BCUT2D eigenvalue weighted by molar-refractivity contribution is -0.479. The lowest BCUT2D eigenvalue weighted by Crippen LogP contribution is -2.31. The molecule has 0 spiro atoms. The van der Waals surface area contributed by atoms with Gasteiger partial charge in [-0.3, -0.25) is 10.1 Å². The Hall–Kier alpha value is -2.29. The summed E-state index contributed by atoms with van der Waals surface area (Å²) in [6, 6.07) is 24.3. The highest BCUT2D eigenvalue weighted by Gasteiger charge is 2.35. The summed E-state index contributed by atoms with van der Waals surface area (Å²) in [5.74, 6) is 0. The molecule has 150 valence electrons. The molecule has 0 aromatic heterocycles. The highest BCUT2D eigenvalue weighted by Crippen LogP contribution is 2.51. The zero-order chi connectivity index (χ0) is 20.9. The second-order valence-electron chi connectivity index (χ2n) is 7.52. The van der Waals surface area contributed by atoms with Crippen molar-refractivity contribution in [2.45, 2.75) is 32.3 Å². The molecule has 3 rings (SSSR count). The van der Waals surface area contributed by atoms with Crippen molar-refractivity contribution in [2.24, 2.45) is 0 Å². The third kappa shape index (κ3) is 5.20. The van der Waals surface area contributed by atoms with E-state index in [2.05, 4.69) is 60.7 Å². The van der Waals surface area contributed by atoms with E-state index >= 15 is 0 Å². The van der Waals surface area contributed by atoms with Gasteiger partial charge in [0.15, 0.2) is 0 Å². The van der Waals surface area contributed by atoms with Gasteiger partial charge in [-0.05, 0) is 42.9 Å². The largest absolute Gasteiger partial charge is 0.265 e. The molecule has 0 aliphatic carbocycles. The predicted molar refractivity (Wildman–Crippen MR) is 126 cm³/mol. The van der Waals surface area contributed by atoms with Gasteiger partial charge < -0.3 is 0 Å². The summed E-state index contributed by atoms with van der Waals surface area (Å²) in [5.41, 5.74) is 3.32. The van der Waals surface area contributed by atoms with Gasteiger partial charge in [0.2, 0.25) is 6.54 Å². The first kappa shape index (κ1) is 21.4. The normalized spacial score (nSPS) is 12.5. The van der Waals surface area contributed by atoms with Crippen LogP contribution in [-0.2, 0) is 18.2 Å². The highest BCUT2D eigenvalue weighted by atomic mass is 32.4. The van der Waals surface area contributed by atoms with Crippen molar-refractivity contribution in [3.63, 3.8) is 0 Å². The number of benzene rings is 3. The monoisotopic (exact) mass is 423 g/mol. The van der Waals surface area contributed by atoms with Gasteiger partial charge >= 0.3 is 0 Å². The molecule has 5 heteroatoms. The quantitative estimate of drug-likeness (QED) is 0.291. The second-order valence-corrected chi connectivity index (χ2v) is 12.3. The topological polar surface area (TPSA) is 43.1 Å².